The topological polar surface area (TPSA) is 113 Å². The van der Waals surface area contributed by atoms with Crippen LogP contribution in [0.5, 0.6) is 0 Å². The number of benzene rings is 3. The van der Waals surface area contributed by atoms with Gasteiger partial charge in [0.05, 0.1) is 11.4 Å². The van der Waals surface area contributed by atoms with Crippen LogP contribution < -0.4 is 16.0 Å². The summed E-state index contributed by atoms with van der Waals surface area (Å²) < 4.78 is 32.3. The Morgan fingerprint density at radius 1 is 0.767 bits per heavy atom. The van der Waals surface area contributed by atoms with E-state index in [1.54, 1.807) is 93.8 Å². The van der Waals surface area contributed by atoms with Gasteiger partial charge in [-0.15, -0.1) is 0 Å². The van der Waals surface area contributed by atoms with Crippen LogP contribution in [0.2, 0.25) is 0 Å². The fraction of sp³-hybridized carbons (Fsp3) is 0.188. The van der Waals surface area contributed by atoms with Gasteiger partial charge in [0.25, 0.3) is 5.91 Å². The maximum atomic E-state index is 13.7. The Kier molecular flexibility index (Phi) is 9.66. The van der Waals surface area contributed by atoms with Crippen LogP contribution in [0.4, 0.5) is 35.4 Å². The first-order chi connectivity index (χ1) is 20.5. The Bertz CT molecular complexity index is 1590. The van der Waals surface area contributed by atoms with Crippen LogP contribution in [0, 0.1) is 11.6 Å². The van der Waals surface area contributed by atoms with E-state index in [1.165, 1.54) is 11.0 Å². The summed E-state index contributed by atoms with van der Waals surface area (Å²) in [5, 5.41) is 8.04. The number of urea groups is 1. The minimum Gasteiger partial charge on any atom is -0.444 e. The van der Waals surface area contributed by atoms with Gasteiger partial charge < -0.3 is 20.3 Å². The smallest absolute Gasteiger partial charge is 0.412 e. The van der Waals surface area contributed by atoms with Crippen LogP contribution in [0.1, 0.15) is 42.3 Å². The van der Waals surface area contributed by atoms with E-state index in [4.69, 9.17) is 4.74 Å². The zero-order valence-corrected chi connectivity index (χ0v) is 23.9. The summed E-state index contributed by atoms with van der Waals surface area (Å²) in [6.45, 7) is 5.62. The molecule has 0 spiro atoms. The quantitative estimate of drug-likeness (QED) is 0.202. The summed E-state index contributed by atoms with van der Waals surface area (Å²) in [5.41, 5.74) is 2.07. The van der Waals surface area contributed by atoms with E-state index in [2.05, 4.69) is 20.9 Å². The van der Waals surface area contributed by atoms with Crippen molar-refractivity contribution in [3.63, 3.8) is 0 Å². The second kappa shape index (κ2) is 13.6. The van der Waals surface area contributed by atoms with Crippen molar-refractivity contribution in [2.24, 2.45) is 0 Å². The van der Waals surface area contributed by atoms with Crippen molar-refractivity contribution in [3.05, 3.63) is 120 Å². The number of nitrogens with zero attached hydrogens (tertiary/aromatic N) is 2. The molecule has 11 heteroatoms. The molecule has 0 fully saturated rings. The summed E-state index contributed by atoms with van der Waals surface area (Å²) in [5.74, 6) is -2.50. The maximum Gasteiger partial charge on any atom is 0.412 e. The molecule has 4 aromatic rings. The van der Waals surface area contributed by atoms with E-state index >= 15 is 0 Å². The number of hydrogen-bond acceptors (Lipinski definition) is 5. The number of carbonyl (C=O) groups is 3. The lowest BCUT2D eigenvalue weighted by atomic mass is 10.1. The Labute approximate surface area is 247 Å². The summed E-state index contributed by atoms with van der Waals surface area (Å²) in [6, 6.07) is 19.5. The standard InChI is InChI=1S/C32H31F2N5O4/c1-32(2,3)43-31(42)38-28-7-5-4-6-27(28)37-29(40)23-10-8-21(9-11-23)19-39(20-22-14-16-35-17-15-22)30(41)36-24-12-13-25(33)26(34)18-24/h4-18H,19-20H2,1-3H3,(H,36,41)(H,37,40)(H,38,42). The number of amides is 4. The Morgan fingerprint density at radius 3 is 1.98 bits per heavy atom. The summed E-state index contributed by atoms with van der Waals surface area (Å²) in [6.07, 6.45) is 2.56. The van der Waals surface area contributed by atoms with Gasteiger partial charge in [-0.05, 0) is 80.4 Å². The molecule has 0 bridgehead atoms. The van der Waals surface area contributed by atoms with Crippen molar-refractivity contribution in [3.8, 4) is 0 Å². The van der Waals surface area contributed by atoms with Crippen LogP contribution in [-0.2, 0) is 17.8 Å². The van der Waals surface area contributed by atoms with Gasteiger partial charge in [0.1, 0.15) is 5.60 Å². The van der Waals surface area contributed by atoms with Gasteiger partial charge in [-0.2, -0.15) is 0 Å². The van der Waals surface area contributed by atoms with E-state index in [0.717, 1.165) is 23.3 Å². The minimum absolute atomic E-state index is 0.108. The number of halogens is 2. The van der Waals surface area contributed by atoms with E-state index in [9.17, 15) is 23.2 Å². The van der Waals surface area contributed by atoms with Gasteiger partial charge in [0, 0.05) is 42.8 Å². The highest BCUT2D eigenvalue weighted by Gasteiger charge is 2.19. The predicted octanol–water partition coefficient (Wildman–Crippen LogP) is 7.19. The average Bonchev–Trinajstić information content (AvgIpc) is 2.95. The number of anilines is 3. The molecule has 43 heavy (non-hydrogen) atoms. The monoisotopic (exact) mass is 587 g/mol. The molecule has 3 aromatic carbocycles. The van der Waals surface area contributed by atoms with Crippen molar-refractivity contribution < 1.29 is 27.9 Å². The molecule has 4 amide bonds. The third-order valence-corrected chi connectivity index (χ3v) is 5.98. The van der Waals surface area contributed by atoms with Crippen molar-refractivity contribution in [1.82, 2.24) is 9.88 Å². The van der Waals surface area contributed by atoms with Gasteiger partial charge in [-0.25, -0.2) is 18.4 Å². The van der Waals surface area contributed by atoms with Crippen molar-refractivity contribution >= 4 is 35.1 Å². The van der Waals surface area contributed by atoms with E-state index in [-0.39, 0.29) is 18.8 Å². The van der Waals surface area contributed by atoms with Crippen molar-refractivity contribution in [2.45, 2.75) is 39.5 Å². The molecule has 4 rings (SSSR count). The molecule has 0 aliphatic rings. The first-order valence-corrected chi connectivity index (χ1v) is 13.4. The third kappa shape index (κ3) is 9.09. The molecule has 3 N–H and O–H groups in total. The molecule has 0 saturated heterocycles. The zero-order chi connectivity index (χ0) is 31.0. The summed E-state index contributed by atoms with van der Waals surface area (Å²) >= 11 is 0. The molecule has 222 valence electrons. The molecular weight excluding hydrogens is 556 g/mol. The fourth-order valence-electron chi connectivity index (χ4n) is 3.98. The van der Waals surface area contributed by atoms with Gasteiger partial charge in [-0.1, -0.05) is 24.3 Å². The Balaban J connectivity index is 1.45. The molecule has 0 saturated carbocycles. The molecule has 0 atom stereocenters. The molecule has 9 nitrogen and oxygen atoms in total. The van der Waals surface area contributed by atoms with Crippen LogP contribution in [0.3, 0.4) is 0 Å². The second-order valence-electron chi connectivity index (χ2n) is 10.6. The SMILES string of the molecule is CC(C)(C)OC(=O)Nc1ccccc1NC(=O)c1ccc(CN(Cc2ccncc2)C(=O)Nc2ccc(F)c(F)c2)cc1. The first-order valence-electron chi connectivity index (χ1n) is 13.4. The van der Waals surface area contributed by atoms with Crippen molar-refractivity contribution in [1.29, 1.82) is 0 Å². The predicted molar refractivity (Wildman–Crippen MR) is 160 cm³/mol. The largest absolute Gasteiger partial charge is 0.444 e. The number of para-hydroxylation sites is 2. The van der Waals surface area contributed by atoms with E-state index in [0.29, 0.717) is 16.9 Å². The minimum atomic E-state index is -1.07. The molecule has 0 radical (unpaired) electrons. The molecule has 0 aliphatic heterocycles. The lowest BCUT2D eigenvalue weighted by molar-refractivity contribution is 0.0635. The van der Waals surface area contributed by atoms with Gasteiger partial charge >= 0.3 is 12.1 Å². The van der Waals surface area contributed by atoms with Gasteiger partial charge in [0.2, 0.25) is 0 Å². The van der Waals surface area contributed by atoms with Crippen molar-refractivity contribution in [2.75, 3.05) is 16.0 Å². The fourth-order valence-corrected chi connectivity index (χ4v) is 3.98. The number of pyridine rings is 1. The molecule has 1 heterocycles. The van der Waals surface area contributed by atoms with Crippen LogP contribution in [0.15, 0.2) is 91.3 Å². The highest BCUT2D eigenvalue weighted by molar-refractivity contribution is 6.06. The second-order valence-corrected chi connectivity index (χ2v) is 10.6. The molecular formula is C32H31F2N5O4. The summed E-state index contributed by atoms with van der Waals surface area (Å²) in [4.78, 5) is 43.9. The Morgan fingerprint density at radius 2 is 1.37 bits per heavy atom. The number of nitrogens with one attached hydrogen (secondary N) is 3. The lowest BCUT2D eigenvalue weighted by Gasteiger charge is -2.23. The Hall–Kier alpha value is -5.32. The van der Waals surface area contributed by atoms with Gasteiger partial charge in [0.15, 0.2) is 11.6 Å². The normalized spacial score (nSPS) is 10.9. The first kappa shape index (κ1) is 30.6. The number of aromatic nitrogens is 1. The van der Waals surface area contributed by atoms with E-state index in [1.807, 2.05) is 0 Å². The van der Waals surface area contributed by atoms with Crippen LogP contribution in [-0.4, -0.2) is 33.5 Å². The number of ether oxygens (including phenoxy) is 1. The average molecular weight is 588 g/mol. The van der Waals surface area contributed by atoms with E-state index < -0.39 is 35.3 Å². The number of hydrogen-bond donors (Lipinski definition) is 3. The third-order valence-electron chi connectivity index (χ3n) is 5.98. The highest BCUT2D eigenvalue weighted by atomic mass is 19.2. The summed E-state index contributed by atoms with van der Waals surface area (Å²) in [7, 11) is 0. The number of rotatable bonds is 8. The van der Waals surface area contributed by atoms with Crippen LogP contribution in [0.25, 0.3) is 0 Å². The molecule has 0 unspecified atom stereocenters. The molecule has 1 aromatic heterocycles. The number of carbonyl (C=O) groups excluding carboxylic acids is 3. The van der Waals surface area contributed by atoms with Gasteiger partial charge in [-0.3, -0.25) is 15.1 Å². The molecule has 0 aliphatic carbocycles. The highest BCUT2D eigenvalue weighted by Crippen LogP contribution is 2.23. The zero-order valence-electron chi connectivity index (χ0n) is 23.9. The van der Waals surface area contributed by atoms with Crippen LogP contribution >= 0.6 is 0 Å². The lowest BCUT2D eigenvalue weighted by Crippen LogP contribution is -2.34. The maximum absolute atomic E-state index is 13.7.